The molecule has 1 aliphatic rings. The van der Waals surface area contributed by atoms with Crippen LogP contribution in [0.3, 0.4) is 0 Å². The number of likely N-dealkylation sites (tertiary alicyclic amines) is 1. The minimum Gasteiger partial charge on any atom is -0.332 e. The molecule has 0 bridgehead atoms. The monoisotopic (exact) mass is 218 g/mol. The Hall–Kier alpha value is -1.35. The van der Waals surface area contributed by atoms with Crippen LogP contribution in [0, 0.1) is 0 Å². The van der Waals surface area contributed by atoms with E-state index >= 15 is 0 Å². The van der Waals surface area contributed by atoms with Crippen molar-refractivity contribution >= 4 is 5.91 Å². The molecule has 1 heterocycles. The van der Waals surface area contributed by atoms with E-state index in [2.05, 4.69) is 26.0 Å². The van der Waals surface area contributed by atoms with Crippen LogP contribution in [-0.4, -0.2) is 23.4 Å². The highest BCUT2D eigenvalue weighted by atomic mass is 16.2. The average molecular weight is 218 g/mol. The number of nitrogens with two attached hydrogens (primary N) is 1. The van der Waals surface area contributed by atoms with E-state index in [0.717, 1.165) is 5.56 Å². The molecule has 1 aromatic rings. The van der Waals surface area contributed by atoms with E-state index < -0.39 is 0 Å². The minimum absolute atomic E-state index is 0.0181. The van der Waals surface area contributed by atoms with Crippen LogP contribution in [0.2, 0.25) is 0 Å². The molecule has 3 nitrogen and oxygen atoms in total. The Kier molecular flexibility index (Phi) is 2.72. The zero-order valence-electron chi connectivity index (χ0n) is 9.81. The number of benzene rings is 1. The highest BCUT2D eigenvalue weighted by Gasteiger charge is 2.38. The summed E-state index contributed by atoms with van der Waals surface area (Å²) >= 11 is 0. The quantitative estimate of drug-likeness (QED) is 0.817. The van der Waals surface area contributed by atoms with Crippen molar-refractivity contribution in [3.8, 4) is 0 Å². The second kappa shape index (κ2) is 3.91. The highest BCUT2D eigenvalue weighted by molar-refractivity contribution is 5.80. The maximum Gasteiger partial charge on any atom is 0.224 e. The zero-order valence-corrected chi connectivity index (χ0v) is 9.81. The molecule has 2 N–H and O–H groups in total. The van der Waals surface area contributed by atoms with Crippen molar-refractivity contribution in [1.82, 2.24) is 4.90 Å². The molecule has 1 saturated heterocycles. The Bertz CT molecular complexity index is 386. The Morgan fingerprint density at radius 2 is 1.94 bits per heavy atom. The van der Waals surface area contributed by atoms with Crippen molar-refractivity contribution in [1.29, 1.82) is 0 Å². The summed E-state index contributed by atoms with van der Waals surface area (Å²) in [6, 6.07) is 10.1. The van der Waals surface area contributed by atoms with Crippen LogP contribution in [0.5, 0.6) is 0 Å². The van der Waals surface area contributed by atoms with Crippen molar-refractivity contribution in [3.63, 3.8) is 0 Å². The van der Waals surface area contributed by atoms with Gasteiger partial charge in [-0.1, -0.05) is 30.3 Å². The van der Waals surface area contributed by atoms with Crippen molar-refractivity contribution < 1.29 is 4.79 Å². The van der Waals surface area contributed by atoms with Gasteiger partial charge in [0.1, 0.15) is 0 Å². The van der Waals surface area contributed by atoms with Crippen LogP contribution in [0.25, 0.3) is 0 Å². The standard InChI is InChI=1S/C13H18N2O/c1-13(2,10-6-4-3-5-7-10)15-9-11(14)8-12(15)16/h3-7,11H,8-9,14H2,1-2H3. The average Bonchev–Trinajstić information content (AvgIpc) is 2.60. The molecule has 0 radical (unpaired) electrons. The van der Waals surface area contributed by atoms with Crippen LogP contribution in [0.4, 0.5) is 0 Å². The second-order valence-electron chi connectivity index (χ2n) is 4.89. The molecule has 1 amide bonds. The van der Waals surface area contributed by atoms with E-state index in [0.29, 0.717) is 13.0 Å². The first-order valence-electron chi connectivity index (χ1n) is 5.63. The molecule has 1 aliphatic heterocycles. The van der Waals surface area contributed by atoms with Crippen molar-refractivity contribution in [2.24, 2.45) is 5.73 Å². The summed E-state index contributed by atoms with van der Waals surface area (Å²) in [5.74, 6) is 0.154. The summed E-state index contributed by atoms with van der Waals surface area (Å²) in [6.45, 7) is 4.79. The van der Waals surface area contributed by atoms with Gasteiger partial charge in [-0.25, -0.2) is 0 Å². The zero-order chi connectivity index (χ0) is 11.8. The number of carbonyl (C=O) groups excluding carboxylic acids is 1. The van der Waals surface area contributed by atoms with Crippen LogP contribution >= 0.6 is 0 Å². The van der Waals surface area contributed by atoms with Gasteiger partial charge in [0.25, 0.3) is 0 Å². The lowest BCUT2D eigenvalue weighted by molar-refractivity contribution is -0.132. The maximum atomic E-state index is 11.9. The Balaban J connectivity index is 2.29. The number of nitrogens with zero attached hydrogens (tertiary/aromatic N) is 1. The first-order valence-corrected chi connectivity index (χ1v) is 5.63. The summed E-state index contributed by atoms with van der Waals surface area (Å²) in [4.78, 5) is 13.7. The predicted octanol–water partition coefficient (Wildman–Crippen LogP) is 1.48. The molecule has 0 spiro atoms. The van der Waals surface area contributed by atoms with Gasteiger partial charge in [-0.05, 0) is 19.4 Å². The highest BCUT2D eigenvalue weighted by Crippen LogP contribution is 2.31. The fraction of sp³-hybridized carbons (Fsp3) is 0.462. The number of rotatable bonds is 2. The number of hydrogen-bond donors (Lipinski definition) is 1. The molecule has 1 unspecified atom stereocenters. The van der Waals surface area contributed by atoms with Gasteiger partial charge in [-0.2, -0.15) is 0 Å². The smallest absolute Gasteiger partial charge is 0.224 e. The van der Waals surface area contributed by atoms with E-state index in [9.17, 15) is 4.79 Å². The van der Waals surface area contributed by atoms with Crippen molar-refractivity contribution in [3.05, 3.63) is 35.9 Å². The largest absolute Gasteiger partial charge is 0.332 e. The van der Waals surface area contributed by atoms with Crippen molar-refractivity contribution in [2.45, 2.75) is 31.8 Å². The molecule has 0 aromatic heterocycles. The van der Waals surface area contributed by atoms with Gasteiger partial charge in [0.2, 0.25) is 5.91 Å². The summed E-state index contributed by atoms with van der Waals surface area (Å²) in [5, 5.41) is 0. The summed E-state index contributed by atoms with van der Waals surface area (Å²) < 4.78 is 0. The van der Waals surface area contributed by atoms with Gasteiger partial charge in [-0.15, -0.1) is 0 Å². The molecule has 1 atom stereocenters. The van der Waals surface area contributed by atoms with Crippen LogP contribution in [0.1, 0.15) is 25.8 Å². The van der Waals surface area contributed by atoms with Crippen LogP contribution in [0.15, 0.2) is 30.3 Å². The lowest BCUT2D eigenvalue weighted by Crippen LogP contribution is -2.43. The third-order valence-electron chi connectivity index (χ3n) is 3.31. The van der Waals surface area contributed by atoms with E-state index in [-0.39, 0.29) is 17.5 Å². The Morgan fingerprint density at radius 1 is 1.31 bits per heavy atom. The van der Waals surface area contributed by atoms with E-state index in [4.69, 9.17) is 5.73 Å². The van der Waals surface area contributed by atoms with Gasteiger partial charge < -0.3 is 10.6 Å². The Labute approximate surface area is 96.2 Å². The van der Waals surface area contributed by atoms with Gasteiger partial charge in [0.05, 0.1) is 5.54 Å². The third-order valence-corrected chi connectivity index (χ3v) is 3.31. The van der Waals surface area contributed by atoms with Crippen LogP contribution < -0.4 is 5.73 Å². The second-order valence-corrected chi connectivity index (χ2v) is 4.89. The van der Waals surface area contributed by atoms with Crippen LogP contribution in [-0.2, 0) is 10.3 Å². The molecule has 0 aliphatic carbocycles. The van der Waals surface area contributed by atoms with E-state index in [1.54, 1.807) is 0 Å². The molecular weight excluding hydrogens is 200 g/mol. The molecule has 16 heavy (non-hydrogen) atoms. The van der Waals surface area contributed by atoms with Crippen molar-refractivity contribution in [2.75, 3.05) is 6.54 Å². The van der Waals surface area contributed by atoms with E-state index in [1.807, 2.05) is 23.1 Å². The Morgan fingerprint density at radius 3 is 2.44 bits per heavy atom. The molecule has 0 saturated carbocycles. The molecule has 1 fully saturated rings. The SMILES string of the molecule is CC(C)(c1ccccc1)N1CC(N)CC1=O. The maximum absolute atomic E-state index is 11.9. The first-order chi connectivity index (χ1) is 7.51. The molecular formula is C13H18N2O. The minimum atomic E-state index is -0.271. The van der Waals surface area contributed by atoms with Gasteiger partial charge in [0.15, 0.2) is 0 Å². The summed E-state index contributed by atoms with van der Waals surface area (Å²) in [5.41, 5.74) is 6.71. The topological polar surface area (TPSA) is 46.3 Å². The van der Waals surface area contributed by atoms with Gasteiger partial charge in [0, 0.05) is 19.0 Å². The fourth-order valence-corrected chi connectivity index (χ4v) is 2.28. The fourth-order valence-electron chi connectivity index (χ4n) is 2.28. The summed E-state index contributed by atoms with van der Waals surface area (Å²) in [7, 11) is 0. The number of carbonyl (C=O) groups is 1. The lowest BCUT2D eigenvalue weighted by atomic mass is 9.92. The lowest BCUT2D eigenvalue weighted by Gasteiger charge is -2.36. The molecule has 86 valence electrons. The summed E-state index contributed by atoms with van der Waals surface area (Å²) in [6.07, 6.45) is 0.469. The van der Waals surface area contributed by atoms with Gasteiger partial charge >= 0.3 is 0 Å². The number of amides is 1. The molecule has 3 heteroatoms. The molecule has 1 aromatic carbocycles. The van der Waals surface area contributed by atoms with E-state index in [1.165, 1.54) is 0 Å². The first kappa shape index (κ1) is 11.1. The molecule has 2 rings (SSSR count). The third kappa shape index (κ3) is 1.83. The number of hydrogen-bond acceptors (Lipinski definition) is 2. The van der Waals surface area contributed by atoms with Gasteiger partial charge in [-0.3, -0.25) is 4.79 Å². The normalized spacial score (nSPS) is 21.6. The predicted molar refractivity (Wildman–Crippen MR) is 63.8 cm³/mol.